The lowest BCUT2D eigenvalue weighted by molar-refractivity contribution is 0.668. The molecular formula is C46H26N4O2. The molecule has 6 nitrogen and oxygen atoms in total. The molecule has 0 saturated heterocycles. The molecule has 7 aromatic carbocycles. The number of hydrogen-bond acceptors (Lipinski definition) is 6. The van der Waals surface area contributed by atoms with E-state index < -0.39 is 0 Å². The van der Waals surface area contributed by atoms with E-state index in [0.29, 0.717) is 28.6 Å². The van der Waals surface area contributed by atoms with Crippen molar-refractivity contribution in [2.75, 3.05) is 0 Å². The first-order chi connectivity index (χ1) is 25.7. The van der Waals surface area contributed by atoms with Crippen LogP contribution in [0.5, 0.6) is 0 Å². The van der Waals surface area contributed by atoms with Gasteiger partial charge in [-0.25, -0.2) is 19.9 Å². The van der Waals surface area contributed by atoms with Crippen molar-refractivity contribution in [3.8, 4) is 45.3 Å². The molecular weight excluding hydrogens is 641 g/mol. The number of nitrogens with zero attached hydrogens (tertiary/aromatic N) is 4. The van der Waals surface area contributed by atoms with E-state index in [9.17, 15) is 0 Å². The highest BCUT2D eigenvalue weighted by atomic mass is 16.3. The topological polar surface area (TPSA) is 77.8 Å². The zero-order chi connectivity index (χ0) is 34.2. The summed E-state index contributed by atoms with van der Waals surface area (Å²) in [5.74, 6) is 1.70. The summed E-state index contributed by atoms with van der Waals surface area (Å²) in [5, 5.41) is 6.23. The van der Waals surface area contributed by atoms with E-state index in [-0.39, 0.29) is 0 Å². The standard InChI is InChI=1S/C46H26N4O2/c1-2-12-28(13-3-1)44-48-45(31-22-21-27-11-4-5-14-29(27)23-31)50-46(49-44)35-24-32(33-17-10-20-38-41(33)34-16-7-9-19-37(34)51-38)26-39-42(35)43-40(52-39)25-30-15-6-8-18-36(30)47-43/h1-26H. The zero-order valence-electron chi connectivity index (χ0n) is 27.6. The van der Waals surface area contributed by atoms with E-state index in [2.05, 4.69) is 66.7 Å². The first-order valence-electron chi connectivity index (χ1n) is 17.2. The van der Waals surface area contributed by atoms with Crippen LogP contribution in [0.25, 0.3) is 111 Å². The van der Waals surface area contributed by atoms with Gasteiger partial charge in [0, 0.05) is 32.8 Å². The number of aromatic nitrogens is 4. The minimum Gasteiger partial charge on any atom is -0.456 e. The number of rotatable bonds is 4. The van der Waals surface area contributed by atoms with E-state index in [0.717, 1.165) is 82.3 Å². The quantitative estimate of drug-likeness (QED) is 0.186. The summed E-state index contributed by atoms with van der Waals surface area (Å²) in [6, 6.07) is 53.5. The molecule has 0 unspecified atom stereocenters. The summed E-state index contributed by atoms with van der Waals surface area (Å²) in [4.78, 5) is 20.6. The Balaban J connectivity index is 1.24. The van der Waals surface area contributed by atoms with Gasteiger partial charge in [0.15, 0.2) is 23.1 Å². The Kier molecular flexibility index (Phi) is 6.15. The number of furan rings is 2. The van der Waals surface area contributed by atoms with Crippen LogP contribution in [-0.2, 0) is 0 Å². The van der Waals surface area contributed by atoms with Crippen molar-refractivity contribution in [2.24, 2.45) is 0 Å². The van der Waals surface area contributed by atoms with Crippen molar-refractivity contribution in [3.05, 3.63) is 158 Å². The SMILES string of the molecule is c1ccc(-c2nc(-c3ccc4ccccc4c3)nc(-c3cc(-c4cccc5oc6ccccc6c45)cc4oc5cc6ccccc6nc5c34)n2)cc1. The van der Waals surface area contributed by atoms with Crippen LogP contribution in [0.2, 0.25) is 0 Å². The van der Waals surface area contributed by atoms with Crippen LogP contribution in [0, 0.1) is 0 Å². The number of pyridine rings is 1. The number of hydrogen-bond donors (Lipinski definition) is 0. The molecule has 0 bridgehead atoms. The molecule has 0 radical (unpaired) electrons. The van der Waals surface area contributed by atoms with Crippen LogP contribution >= 0.6 is 0 Å². The van der Waals surface area contributed by atoms with Crippen molar-refractivity contribution < 1.29 is 8.83 Å². The predicted molar refractivity (Wildman–Crippen MR) is 209 cm³/mol. The predicted octanol–water partition coefficient (Wildman–Crippen LogP) is 12.0. The van der Waals surface area contributed by atoms with Gasteiger partial charge in [-0.05, 0) is 64.4 Å². The number of para-hydroxylation sites is 2. The highest BCUT2D eigenvalue weighted by Gasteiger charge is 2.22. The molecule has 11 rings (SSSR count). The molecule has 0 amide bonds. The van der Waals surface area contributed by atoms with E-state index in [1.54, 1.807) is 0 Å². The van der Waals surface area contributed by atoms with Crippen molar-refractivity contribution in [3.63, 3.8) is 0 Å². The third kappa shape index (κ3) is 4.51. The van der Waals surface area contributed by atoms with Gasteiger partial charge < -0.3 is 8.83 Å². The summed E-state index contributed by atoms with van der Waals surface area (Å²) < 4.78 is 13.0. The van der Waals surface area contributed by atoms with Crippen molar-refractivity contribution in [1.29, 1.82) is 0 Å². The fraction of sp³-hybridized carbons (Fsp3) is 0. The monoisotopic (exact) mass is 666 g/mol. The molecule has 0 fully saturated rings. The Morgan fingerprint density at radius 1 is 0.346 bits per heavy atom. The third-order valence-corrected chi connectivity index (χ3v) is 9.88. The Hall–Kier alpha value is -7.18. The minimum atomic E-state index is 0.533. The average molecular weight is 667 g/mol. The van der Waals surface area contributed by atoms with E-state index >= 15 is 0 Å². The van der Waals surface area contributed by atoms with E-state index in [1.807, 2.05) is 91.0 Å². The fourth-order valence-corrected chi connectivity index (χ4v) is 7.43. The Bertz CT molecular complexity index is 3200. The lowest BCUT2D eigenvalue weighted by Crippen LogP contribution is -2.01. The van der Waals surface area contributed by atoms with Crippen molar-refractivity contribution in [1.82, 2.24) is 19.9 Å². The fourth-order valence-electron chi connectivity index (χ4n) is 7.43. The maximum Gasteiger partial charge on any atom is 0.164 e. The summed E-state index contributed by atoms with van der Waals surface area (Å²) in [7, 11) is 0. The van der Waals surface area contributed by atoms with Gasteiger partial charge >= 0.3 is 0 Å². The van der Waals surface area contributed by atoms with Gasteiger partial charge in [0.2, 0.25) is 0 Å². The van der Waals surface area contributed by atoms with Crippen LogP contribution in [0.15, 0.2) is 167 Å². The van der Waals surface area contributed by atoms with Gasteiger partial charge in [-0.3, -0.25) is 0 Å². The highest BCUT2D eigenvalue weighted by Crippen LogP contribution is 2.43. The molecule has 11 aromatic rings. The molecule has 0 N–H and O–H groups in total. The molecule has 0 aliphatic carbocycles. The molecule has 0 aliphatic heterocycles. The molecule has 6 heteroatoms. The van der Waals surface area contributed by atoms with Gasteiger partial charge in [-0.15, -0.1) is 0 Å². The molecule has 242 valence electrons. The molecule has 0 atom stereocenters. The van der Waals surface area contributed by atoms with Gasteiger partial charge in [0.1, 0.15) is 22.3 Å². The lowest BCUT2D eigenvalue weighted by atomic mass is 9.95. The minimum absolute atomic E-state index is 0.533. The average Bonchev–Trinajstić information content (AvgIpc) is 3.77. The molecule has 0 saturated carbocycles. The summed E-state index contributed by atoms with van der Waals surface area (Å²) in [6.07, 6.45) is 0. The molecule has 4 heterocycles. The molecule has 0 spiro atoms. The Morgan fingerprint density at radius 3 is 1.96 bits per heavy atom. The van der Waals surface area contributed by atoms with E-state index in [4.69, 9.17) is 28.8 Å². The van der Waals surface area contributed by atoms with Crippen LogP contribution in [-0.4, -0.2) is 19.9 Å². The van der Waals surface area contributed by atoms with Gasteiger partial charge in [0.05, 0.1) is 10.9 Å². The van der Waals surface area contributed by atoms with Gasteiger partial charge in [-0.2, -0.15) is 0 Å². The largest absolute Gasteiger partial charge is 0.456 e. The second-order valence-electron chi connectivity index (χ2n) is 13.0. The first-order valence-corrected chi connectivity index (χ1v) is 17.2. The Morgan fingerprint density at radius 2 is 1.06 bits per heavy atom. The van der Waals surface area contributed by atoms with Crippen LogP contribution in [0.1, 0.15) is 0 Å². The maximum atomic E-state index is 6.69. The third-order valence-electron chi connectivity index (χ3n) is 9.88. The summed E-state index contributed by atoms with van der Waals surface area (Å²) >= 11 is 0. The van der Waals surface area contributed by atoms with Crippen LogP contribution in [0.3, 0.4) is 0 Å². The molecule has 4 aromatic heterocycles. The maximum absolute atomic E-state index is 6.69. The highest BCUT2D eigenvalue weighted by molar-refractivity contribution is 6.16. The summed E-state index contributed by atoms with van der Waals surface area (Å²) in [6.45, 7) is 0. The van der Waals surface area contributed by atoms with Crippen LogP contribution < -0.4 is 0 Å². The molecule has 0 aliphatic rings. The second kappa shape index (κ2) is 11.2. The number of benzene rings is 7. The number of fused-ring (bicyclic) bond motifs is 8. The van der Waals surface area contributed by atoms with E-state index in [1.165, 1.54) is 0 Å². The smallest absolute Gasteiger partial charge is 0.164 e. The molecule has 52 heavy (non-hydrogen) atoms. The second-order valence-corrected chi connectivity index (χ2v) is 13.0. The lowest BCUT2D eigenvalue weighted by Gasteiger charge is -2.12. The van der Waals surface area contributed by atoms with Gasteiger partial charge in [-0.1, -0.05) is 115 Å². The normalized spacial score (nSPS) is 11.8. The first kappa shape index (κ1) is 28.6. The summed E-state index contributed by atoms with van der Waals surface area (Å²) in [5.41, 5.74) is 9.30. The van der Waals surface area contributed by atoms with Crippen LogP contribution in [0.4, 0.5) is 0 Å². The van der Waals surface area contributed by atoms with Gasteiger partial charge in [0.25, 0.3) is 0 Å². The van der Waals surface area contributed by atoms with Crippen molar-refractivity contribution in [2.45, 2.75) is 0 Å². The van der Waals surface area contributed by atoms with Crippen molar-refractivity contribution >= 4 is 65.7 Å². The Labute approximate surface area is 296 Å². The zero-order valence-corrected chi connectivity index (χ0v) is 27.6.